The average molecular weight is 366 g/mol. The van der Waals surface area contributed by atoms with Gasteiger partial charge in [-0.1, -0.05) is 5.16 Å². The average Bonchev–Trinajstić information content (AvgIpc) is 2.95. The molecule has 0 atom stereocenters. The van der Waals surface area contributed by atoms with Gasteiger partial charge in [0.05, 0.1) is 5.69 Å². The van der Waals surface area contributed by atoms with Crippen LogP contribution in [0.4, 0.5) is 23.1 Å². The fourth-order valence-electron chi connectivity index (χ4n) is 2.66. The van der Waals surface area contributed by atoms with Crippen LogP contribution in [0.5, 0.6) is 0 Å². The summed E-state index contributed by atoms with van der Waals surface area (Å²) in [5, 5.41) is 13.0. The lowest BCUT2D eigenvalue weighted by Crippen LogP contribution is -2.13. The van der Waals surface area contributed by atoms with E-state index in [9.17, 15) is 4.79 Å². The summed E-state index contributed by atoms with van der Waals surface area (Å²) in [4.78, 5) is 21.1. The SMILES string of the molecule is CCNc1nc(C)cc(Nc2ccc(NC(=O)c3c(C)noc3C)cc2)n1. The lowest BCUT2D eigenvalue weighted by molar-refractivity contribution is 0.102. The number of amides is 1. The first-order chi connectivity index (χ1) is 13.0. The quantitative estimate of drug-likeness (QED) is 0.609. The highest BCUT2D eigenvalue weighted by Crippen LogP contribution is 2.20. The number of nitrogens with one attached hydrogen (secondary N) is 3. The first-order valence-electron chi connectivity index (χ1n) is 8.67. The van der Waals surface area contributed by atoms with E-state index >= 15 is 0 Å². The minimum atomic E-state index is -0.242. The van der Waals surface area contributed by atoms with E-state index in [4.69, 9.17) is 4.52 Å². The molecule has 0 unspecified atom stereocenters. The van der Waals surface area contributed by atoms with Crippen molar-refractivity contribution in [2.45, 2.75) is 27.7 Å². The van der Waals surface area contributed by atoms with Gasteiger partial charge < -0.3 is 20.5 Å². The molecule has 3 rings (SSSR count). The lowest BCUT2D eigenvalue weighted by atomic mass is 10.2. The molecule has 3 N–H and O–H groups in total. The van der Waals surface area contributed by atoms with Crippen molar-refractivity contribution < 1.29 is 9.32 Å². The molecule has 0 aliphatic heterocycles. The highest BCUT2D eigenvalue weighted by atomic mass is 16.5. The van der Waals surface area contributed by atoms with Crippen LogP contribution in [0, 0.1) is 20.8 Å². The fourth-order valence-corrected chi connectivity index (χ4v) is 2.66. The highest BCUT2D eigenvalue weighted by molar-refractivity contribution is 6.05. The Morgan fingerprint density at radius 1 is 1.07 bits per heavy atom. The number of aromatic nitrogens is 3. The number of aryl methyl sites for hydroxylation is 3. The first kappa shape index (κ1) is 18.4. The Balaban J connectivity index is 1.70. The molecular weight excluding hydrogens is 344 g/mol. The van der Waals surface area contributed by atoms with Crippen molar-refractivity contribution in [3.8, 4) is 0 Å². The third-order valence-electron chi connectivity index (χ3n) is 3.86. The standard InChI is InChI=1S/C19H22N6O2/c1-5-20-19-21-11(2)10-16(24-19)22-14-6-8-15(9-7-14)23-18(26)17-12(3)25-27-13(17)4/h6-10H,5H2,1-4H3,(H,23,26)(H2,20,21,22,24). The Kier molecular flexibility index (Phi) is 5.35. The molecule has 0 aliphatic rings. The Morgan fingerprint density at radius 3 is 2.41 bits per heavy atom. The Bertz CT molecular complexity index is 930. The fraction of sp³-hybridized carbons (Fsp3) is 0.263. The second kappa shape index (κ2) is 7.86. The molecule has 0 radical (unpaired) electrons. The summed E-state index contributed by atoms with van der Waals surface area (Å²) in [6.45, 7) is 8.12. The maximum Gasteiger partial charge on any atom is 0.261 e. The molecule has 0 spiro atoms. The molecule has 0 bridgehead atoms. The van der Waals surface area contributed by atoms with Crippen LogP contribution in [-0.2, 0) is 0 Å². The molecule has 0 aliphatic carbocycles. The van der Waals surface area contributed by atoms with E-state index in [2.05, 4.69) is 31.1 Å². The van der Waals surface area contributed by atoms with Gasteiger partial charge in [0.2, 0.25) is 5.95 Å². The first-order valence-corrected chi connectivity index (χ1v) is 8.67. The molecule has 0 fully saturated rings. The smallest absolute Gasteiger partial charge is 0.261 e. The third kappa shape index (κ3) is 4.41. The minimum Gasteiger partial charge on any atom is -0.361 e. The van der Waals surface area contributed by atoms with Crippen LogP contribution in [0.2, 0.25) is 0 Å². The van der Waals surface area contributed by atoms with Gasteiger partial charge in [0.15, 0.2) is 0 Å². The van der Waals surface area contributed by atoms with Crippen molar-refractivity contribution >= 4 is 29.0 Å². The van der Waals surface area contributed by atoms with E-state index in [0.717, 1.165) is 17.9 Å². The number of carbonyl (C=O) groups is 1. The summed E-state index contributed by atoms with van der Waals surface area (Å²) in [6.07, 6.45) is 0. The van der Waals surface area contributed by atoms with Crippen LogP contribution < -0.4 is 16.0 Å². The number of anilines is 4. The van der Waals surface area contributed by atoms with E-state index in [-0.39, 0.29) is 5.91 Å². The molecule has 140 valence electrons. The molecule has 8 nitrogen and oxygen atoms in total. The molecule has 27 heavy (non-hydrogen) atoms. The van der Waals surface area contributed by atoms with Crippen LogP contribution in [0.25, 0.3) is 0 Å². The van der Waals surface area contributed by atoms with Gasteiger partial charge in [0.25, 0.3) is 5.91 Å². The van der Waals surface area contributed by atoms with Gasteiger partial charge in [0, 0.05) is 29.7 Å². The van der Waals surface area contributed by atoms with E-state index in [1.54, 1.807) is 13.8 Å². The third-order valence-corrected chi connectivity index (χ3v) is 3.86. The molecule has 3 aromatic rings. The van der Waals surface area contributed by atoms with Gasteiger partial charge in [-0.15, -0.1) is 0 Å². The summed E-state index contributed by atoms with van der Waals surface area (Å²) in [7, 11) is 0. The van der Waals surface area contributed by atoms with E-state index < -0.39 is 0 Å². The topological polar surface area (TPSA) is 105 Å². The summed E-state index contributed by atoms with van der Waals surface area (Å²) < 4.78 is 5.04. The molecule has 1 amide bonds. The van der Waals surface area contributed by atoms with E-state index in [1.165, 1.54) is 0 Å². The van der Waals surface area contributed by atoms with E-state index in [0.29, 0.717) is 34.5 Å². The van der Waals surface area contributed by atoms with Gasteiger partial charge in [0.1, 0.15) is 17.1 Å². The number of rotatable bonds is 6. The molecule has 2 heterocycles. The van der Waals surface area contributed by atoms with Gasteiger partial charge in [-0.3, -0.25) is 4.79 Å². The van der Waals surface area contributed by atoms with Gasteiger partial charge >= 0.3 is 0 Å². The van der Waals surface area contributed by atoms with Crippen molar-refractivity contribution in [1.82, 2.24) is 15.1 Å². The van der Waals surface area contributed by atoms with Crippen LogP contribution >= 0.6 is 0 Å². The molecule has 0 saturated heterocycles. The zero-order valence-electron chi connectivity index (χ0n) is 15.8. The number of hydrogen-bond donors (Lipinski definition) is 3. The zero-order chi connectivity index (χ0) is 19.4. The van der Waals surface area contributed by atoms with Gasteiger partial charge in [-0.2, -0.15) is 4.98 Å². The minimum absolute atomic E-state index is 0.242. The summed E-state index contributed by atoms with van der Waals surface area (Å²) in [5.41, 5.74) is 3.43. The number of benzene rings is 1. The maximum atomic E-state index is 12.4. The van der Waals surface area contributed by atoms with Crippen molar-refractivity contribution in [2.24, 2.45) is 0 Å². The zero-order valence-corrected chi connectivity index (χ0v) is 15.8. The Morgan fingerprint density at radius 2 is 1.78 bits per heavy atom. The highest BCUT2D eigenvalue weighted by Gasteiger charge is 2.17. The monoisotopic (exact) mass is 366 g/mol. The molecule has 2 aromatic heterocycles. The van der Waals surface area contributed by atoms with Crippen LogP contribution in [0.3, 0.4) is 0 Å². The van der Waals surface area contributed by atoms with Crippen LogP contribution in [-0.4, -0.2) is 27.6 Å². The Hall–Kier alpha value is -3.42. The van der Waals surface area contributed by atoms with Crippen LogP contribution in [0.15, 0.2) is 34.9 Å². The maximum absolute atomic E-state index is 12.4. The molecule has 1 aromatic carbocycles. The normalized spacial score (nSPS) is 10.5. The number of hydrogen-bond acceptors (Lipinski definition) is 7. The summed E-state index contributed by atoms with van der Waals surface area (Å²) >= 11 is 0. The van der Waals surface area contributed by atoms with Crippen molar-refractivity contribution in [3.05, 3.63) is 53.0 Å². The van der Waals surface area contributed by atoms with Gasteiger partial charge in [-0.25, -0.2) is 4.98 Å². The Labute approximate surface area is 157 Å². The second-order valence-corrected chi connectivity index (χ2v) is 6.10. The summed E-state index contributed by atoms with van der Waals surface area (Å²) in [5.74, 6) is 1.54. The second-order valence-electron chi connectivity index (χ2n) is 6.10. The lowest BCUT2D eigenvalue weighted by Gasteiger charge is -2.10. The van der Waals surface area contributed by atoms with Crippen molar-refractivity contribution in [3.63, 3.8) is 0 Å². The number of carbonyl (C=O) groups excluding carboxylic acids is 1. The van der Waals surface area contributed by atoms with Crippen LogP contribution in [0.1, 0.15) is 34.4 Å². The predicted molar refractivity (Wildman–Crippen MR) is 105 cm³/mol. The number of nitrogens with zero attached hydrogens (tertiary/aromatic N) is 3. The molecule has 0 saturated carbocycles. The van der Waals surface area contributed by atoms with Gasteiger partial charge in [-0.05, 0) is 52.0 Å². The summed E-state index contributed by atoms with van der Waals surface area (Å²) in [6, 6.07) is 9.24. The van der Waals surface area contributed by atoms with Crippen molar-refractivity contribution in [2.75, 3.05) is 22.5 Å². The predicted octanol–water partition coefficient (Wildman–Crippen LogP) is 3.82. The molecular formula is C19H22N6O2. The van der Waals surface area contributed by atoms with E-state index in [1.807, 2.05) is 44.2 Å². The van der Waals surface area contributed by atoms with Crippen molar-refractivity contribution in [1.29, 1.82) is 0 Å². The largest absolute Gasteiger partial charge is 0.361 e. The molecule has 8 heteroatoms.